The third kappa shape index (κ3) is 6.02. The lowest BCUT2D eigenvalue weighted by Crippen LogP contribution is -1.85. The van der Waals surface area contributed by atoms with Crippen molar-refractivity contribution in [2.75, 3.05) is 6.16 Å². The lowest BCUT2D eigenvalue weighted by atomic mass is 10.2. The summed E-state index contributed by atoms with van der Waals surface area (Å²) in [6.45, 7) is 4.32. The van der Waals surface area contributed by atoms with Gasteiger partial charge >= 0.3 is 0 Å². The summed E-state index contributed by atoms with van der Waals surface area (Å²) in [5.74, 6) is 1.04. The van der Waals surface area contributed by atoms with Crippen molar-refractivity contribution < 1.29 is 4.52 Å². The van der Waals surface area contributed by atoms with Gasteiger partial charge < -0.3 is 4.52 Å². The number of aryl methyl sites for hydroxylation is 1. The van der Waals surface area contributed by atoms with Crippen LogP contribution in [0.3, 0.4) is 0 Å². The minimum absolute atomic E-state index is 0. The van der Waals surface area contributed by atoms with Crippen molar-refractivity contribution in [2.24, 2.45) is 0 Å². The number of benzene rings is 1. The number of halogens is 1. The molecule has 1 aromatic rings. The van der Waals surface area contributed by atoms with Gasteiger partial charge in [-0.2, -0.15) is 0 Å². The first-order chi connectivity index (χ1) is 6.84. The van der Waals surface area contributed by atoms with Crippen LogP contribution in [0.5, 0.6) is 5.75 Å². The summed E-state index contributed by atoms with van der Waals surface area (Å²) in [7, 11) is 0.616. The highest BCUT2D eigenvalue weighted by molar-refractivity contribution is 7.32. The Morgan fingerprint density at radius 1 is 1.20 bits per heavy atom. The van der Waals surface area contributed by atoms with Crippen molar-refractivity contribution in [3.05, 3.63) is 29.8 Å². The third-order valence-corrected chi connectivity index (χ3v) is 3.08. The largest absolute Gasteiger partial charge is 0.477 e. The fourth-order valence-electron chi connectivity index (χ4n) is 1.25. The predicted molar refractivity (Wildman–Crippen MR) is 71.8 cm³/mol. The van der Waals surface area contributed by atoms with Crippen molar-refractivity contribution in [1.82, 2.24) is 0 Å². The van der Waals surface area contributed by atoms with Crippen LogP contribution in [0.1, 0.15) is 31.7 Å². The molecule has 3 heteroatoms. The van der Waals surface area contributed by atoms with Crippen molar-refractivity contribution in [3.63, 3.8) is 0 Å². The highest BCUT2D eigenvalue weighted by Gasteiger charge is 1.96. The zero-order valence-corrected chi connectivity index (χ0v) is 11.3. The predicted octanol–water partition coefficient (Wildman–Crippen LogP) is 4.58. The molecule has 0 fully saturated rings. The first-order valence-corrected chi connectivity index (χ1v) is 6.41. The maximum atomic E-state index is 5.71. The van der Waals surface area contributed by atoms with E-state index in [0.717, 1.165) is 5.75 Å². The van der Waals surface area contributed by atoms with Gasteiger partial charge in [-0.25, -0.2) is 0 Å². The van der Waals surface area contributed by atoms with Gasteiger partial charge in [0.15, 0.2) is 0 Å². The van der Waals surface area contributed by atoms with E-state index in [9.17, 15) is 0 Å². The molecule has 1 aromatic carbocycles. The quantitative estimate of drug-likeness (QED) is 0.527. The standard InChI is InChI=1S/C12H19OP.ClH/c1-3-4-7-10-14-13-12-9-6-5-8-11(12)2;/h5-6,8-9,14H,3-4,7,10H2,1-2H3;1H. The molecule has 0 aromatic heterocycles. The molecule has 0 radical (unpaired) electrons. The Morgan fingerprint density at radius 2 is 1.93 bits per heavy atom. The van der Waals surface area contributed by atoms with Crippen LogP contribution in [0, 0.1) is 6.92 Å². The average Bonchev–Trinajstić information content (AvgIpc) is 2.20. The molecule has 0 aliphatic rings. The summed E-state index contributed by atoms with van der Waals surface area (Å²) in [6.07, 6.45) is 5.10. The zero-order valence-electron chi connectivity index (χ0n) is 9.45. The van der Waals surface area contributed by atoms with Crippen molar-refractivity contribution in [1.29, 1.82) is 0 Å². The van der Waals surface area contributed by atoms with Crippen LogP contribution >= 0.6 is 21.2 Å². The van der Waals surface area contributed by atoms with Gasteiger partial charge in [-0.3, -0.25) is 0 Å². The monoisotopic (exact) mass is 246 g/mol. The molecular formula is C12H20ClOP. The Labute approximate surface area is 101 Å². The zero-order chi connectivity index (χ0) is 10.2. The Hall–Kier alpha value is -0.260. The number of hydrogen-bond donors (Lipinski definition) is 0. The second-order valence-electron chi connectivity index (χ2n) is 3.47. The maximum absolute atomic E-state index is 5.71. The molecule has 1 rings (SSSR count). The van der Waals surface area contributed by atoms with E-state index in [2.05, 4.69) is 19.9 Å². The van der Waals surface area contributed by atoms with Gasteiger partial charge in [-0.1, -0.05) is 38.0 Å². The second kappa shape index (κ2) is 9.00. The summed E-state index contributed by atoms with van der Waals surface area (Å²) in [5, 5.41) is 0. The summed E-state index contributed by atoms with van der Waals surface area (Å²) in [6, 6.07) is 8.20. The smallest absolute Gasteiger partial charge is 0.125 e. The van der Waals surface area contributed by atoms with Gasteiger partial charge in [0, 0.05) is 6.16 Å². The second-order valence-corrected chi connectivity index (χ2v) is 4.46. The molecular weight excluding hydrogens is 227 g/mol. The normalized spacial score (nSPS) is 10.3. The molecule has 0 saturated heterocycles. The summed E-state index contributed by atoms with van der Waals surface area (Å²) in [4.78, 5) is 0. The topological polar surface area (TPSA) is 9.23 Å². The number of para-hydroxylation sites is 1. The van der Waals surface area contributed by atoms with Crippen molar-refractivity contribution in [3.8, 4) is 5.75 Å². The molecule has 0 aliphatic carbocycles. The number of hydrogen-bond acceptors (Lipinski definition) is 1. The maximum Gasteiger partial charge on any atom is 0.125 e. The van der Waals surface area contributed by atoms with Gasteiger partial charge in [0.05, 0.1) is 8.81 Å². The molecule has 0 aliphatic heterocycles. The minimum Gasteiger partial charge on any atom is -0.477 e. The SMILES string of the molecule is CCCCCPOc1ccccc1C.Cl. The van der Waals surface area contributed by atoms with E-state index in [1.807, 2.05) is 18.2 Å². The molecule has 0 heterocycles. The first kappa shape index (κ1) is 14.7. The van der Waals surface area contributed by atoms with E-state index in [4.69, 9.17) is 4.52 Å². The van der Waals surface area contributed by atoms with Crippen LogP contribution in [-0.2, 0) is 0 Å². The average molecular weight is 247 g/mol. The lowest BCUT2D eigenvalue weighted by Gasteiger charge is -2.07. The molecule has 0 N–H and O–H groups in total. The molecule has 1 nitrogen and oxygen atoms in total. The van der Waals surface area contributed by atoms with Crippen LogP contribution in [0.4, 0.5) is 0 Å². The van der Waals surface area contributed by atoms with E-state index >= 15 is 0 Å². The number of rotatable bonds is 6. The first-order valence-electron chi connectivity index (χ1n) is 5.30. The van der Waals surface area contributed by atoms with Gasteiger partial charge in [0.2, 0.25) is 0 Å². The number of unbranched alkanes of at least 4 members (excludes halogenated alkanes) is 2. The highest BCUT2D eigenvalue weighted by atomic mass is 35.5. The molecule has 86 valence electrons. The van der Waals surface area contributed by atoms with Gasteiger partial charge in [0.1, 0.15) is 5.75 Å². The van der Waals surface area contributed by atoms with E-state index in [1.165, 1.54) is 31.0 Å². The highest BCUT2D eigenvalue weighted by Crippen LogP contribution is 2.24. The Balaban J connectivity index is 0.00000196. The van der Waals surface area contributed by atoms with Gasteiger partial charge in [0.25, 0.3) is 0 Å². The molecule has 0 saturated carbocycles. The summed E-state index contributed by atoms with van der Waals surface area (Å²) in [5.41, 5.74) is 1.23. The van der Waals surface area contributed by atoms with E-state index in [-0.39, 0.29) is 12.4 Å². The molecule has 1 unspecified atom stereocenters. The van der Waals surface area contributed by atoms with Crippen LogP contribution in [0.2, 0.25) is 0 Å². The van der Waals surface area contributed by atoms with E-state index in [0.29, 0.717) is 8.81 Å². The van der Waals surface area contributed by atoms with Crippen LogP contribution in [0.15, 0.2) is 24.3 Å². The summed E-state index contributed by atoms with van der Waals surface area (Å²) < 4.78 is 5.71. The fourth-order valence-corrected chi connectivity index (χ4v) is 2.13. The molecule has 0 spiro atoms. The molecule has 15 heavy (non-hydrogen) atoms. The minimum atomic E-state index is 0. The van der Waals surface area contributed by atoms with E-state index in [1.54, 1.807) is 0 Å². The Morgan fingerprint density at radius 3 is 2.60 bits per heavy atom. The van der Waals surface area contributed by atoms with Crippen LogP contribution in [0.25, 0.3) is 0 Å². The van der Waals surface area contributed by atoms with Gasteiger partial charge in [-0.05, 0) is 25.0 Å². The Bertz CT molecular complexity index is 266. The van der Waals surface area contributed by atoms with Crippen molar-refractivity contribution >= 4 is 21.2 Å². The lowest BCUT2D eigenvalue weighted by molar-refractivity contribution is 0.619. The Kier molecular flexibility index (Phi) is 8.85. The van der Waals surface area contributed by atoms with Crippen LogP contribution in [-0.4, -0.2) is 6.16 Å². The van der Waals surface area contributed by atoms with E-state index < -0.39 is 0 Å². The van der Waals surface area contributed by atoms with Crippen molar-refractivity contribution in [2.45, 2.75) is 33.1 Å². The molecule has 0 amide bonds. The summed E-state index contributed by atoms with van der Waals surface area (Å²) >= 11 is 0. The van der Waals surface area contributed by atoms with Crippen LogP contribution < -0.4 is 4.52 Å². The molecule has 0 bridgehead atoms. The third-order valence-electron chi connectivity index (χ3n) is 2.16. The molecule has 1 atom stereocenters. The fraction of sp³-hybridized carbons (Fsp3) is 0.500. The van der Waals surface area contributed by atoms with Gasteiger partial charge in [-0.15, -0.1) is 12.4 Å².